The van der Waals surface area contributed by atoms with E-state index in [1.807, 2.05) is 0 Å². The fourth-order valence-electron chi connectivity index (χ4n) is 1.25. The van der Waals surface area contributed by atoms with E-state index in [1.165, 1.54) is 7.11 Å². The molecule has 5 nitrogen and oxygen atoms in total. The minimum Gasteiger partial charge on any atom is -0.469 e. The molecule has 0 radical (unpaired) electrons. The van der Waals surface area contributed by atoms with Gasteiger partial charge in [0.1, 0.15) is 0 Å². The first-order valence-electron chi connectivity index (χ1n) is 3.88. The van der Waals surface area contributed by atoms with E-state index in [2.05, 4.69) is 8.92 Å². The molecule has 1 saturated carbocycles. The van der Waals surface area contributed by atoms with Gasteiger partial charge in [0.25, 0.3) is 10.1 Å². The van der Waals surface area contributed by atoms with E-state index < -0.39 is 10.1 Å². The van der Waals surface area contributed by atoms with Crippen LogP contribution in [0, 0.1) is 5.92 Å². The molecule has 1 aliphatic carbocycles. The summed E-state index contributed by atoms with van der Waals surface area (Å²) in [5.41, 5.74) is 0. The Morgan fingerprint density at radius 3 is 2.31 bits per heavy atom. The highest BCUT2D eigenvalue weighted by atomic mass is 32.2. The topological polar surface area (TPSA) is 69.7 Å². The van der Waals surface area contributed by atoms with Gasteiger partial charge in [0, 0.05) is 0 Å². The third-order valence-corrected chi connectivity index (χ3v) is 2.56. The molecule has 0 saturated heterocycles. The van der Waals surface area contributed by atoms with Crippen molar-refractivity contribution in [2.24, 2.45) is 5.92 Å². The molecule has 0 heterocycles. The van der Waals surface area contributed by atoms with Crippen molar-refractivity contribution in [2.75, 3.05) is 13.4 Å². The van der Waals surface area contributed by atoms with Crippen molar-refractivity contribution in [1.29, 1.82) is 0 Å². The number of esters is 1. The first-order chi connectivity index (χ1) is 5.92. The maximum atomic E-state index is 10.9. The van der Waals surface area contributed by atoms with Crippen LogP contribution in [0.2, 0.25) is 0 Å². The van der Waals surface area contributed by atoms with Crippen molar-refractivity contribution in [3.05, 3.63) is 0 Å². The highest BCUT2D eigenvalue weighted by Crippen LogP contribution is 2.31. The normalized spacial score (nSPS) is 27.8. The van der Waals surface area contributed by atoms with Crippen molar-refractivity contribution < 1.29 is 22.1 Å². The van der Waals surface area contributed by atoms with Crippen LogP contribution in [0.3, 0.4) is 0 Å². The molecule has 6 heteroatoms. The third-order valence-electron chi connectivity index (χ3n) is 1.94. The van der Waals surface area contributed by atoms with Gasteiger partial charge < -0.3 is 4.74 Å². The quantitative estimate of drug-likeness (QED) is 0.479. The van der Waals surface area contributed by atoms with Crippen LogP contribution < -0.4 is 0 Å². The van der Waals surface area contributed by atoms with Crippen molar-refractivity contribution in [2.45, 2.75) is 18.9 Å². The monoisotopic (exact) mass is 208 g/mol. The lowest BCUT2D eigenvalue weighted by Gasteiger charge is -2.31. The second kappa shape index (κ2) is 3.63. The summed E-state index contributed by atoms with van der Waals surface area (Å²) in [5, 5.41) is 0. The molecule has 0 N–H and O–H groups in total. The van der Waals surface area contributed by atoms with Gasteiger partial charge in [0.2, 0.25) is 0 Å². The molecule has 0 aliphatic heterocycles. The minimum absolute atomic E-state index is 0.197. The summed E-state index contributed by atoms with van der Waals surface area (Å²) in [6.45, 7) is 0. The molecule has 0 unspecified atom stereocenters. The molecule has 0 amide bonds. The second-order valence-corrected chi connectivity index (χ2v) is 4.71. The van der Waals surface area contributed by atoms with Gasteiger partial charge in [-0.3, -0.25) is 8.98 Å². The lowest BCUT2D eigenvalue weighted by Crippen LogP contribution is -2.38. The van der Waals surface area contributed by atoms with Crippen LogP contribution in [0.15, 0.2) is 0 Å². The number of hydrogen-bond donors (Lipinski definition) is 0. The largest absolute Gasteiger partial charge is 0.469 e. The van der Waals surface area contributed by atoms with Crippen LogP contribution in [0.4, 0.5) is 0 Å². The van der Waals surface area contributed by atoms with Crippen LogP contribution >= 0.6 is 0 Å². The molecule has 76 valence electrons. The van der Waals surface area contributed by atoms with Crippen molar-refractivity contribution in [3.8, 4) is 0 Å². The number of carbonyl (C=O) groups is 1. The van der Waals surface area contributed by atoms with E-state index in [4.69, 9.17) is 0 Å². The fourth-order valence-corrected chi connectivity index (χ4v) is 1.90. The highest BCUT2D eigenvalue weighted by molar-refractivity contribution is 7.86. The van der Waals surface area contributed by atoms with Gasteiger partial charge in [-0.25, -0.2) is 0 Å². The molecule has 0 aromatic carbocycles. The van der Waals surface area contributed by atoms with Gasteiger partial charge in [-0.15, -0.1) is 0 Å². The molecule has 1 rings (SSSR count). The summed E-state index contributed by atoms with van der Waals surface area (Å²) >= 11 is 0. The molecular formula is C7H12O5S. The first kappa shape index (κ1) is 10.5. The van der Waals surface area contributed by atoms with Crippen molar-refractivity contribution in [3.63, 3.8) is 0 Å². The number of carbonyl (C=O) groups excluding carboxylic acids is 1. The average molecular weight is 208 g/mol. The maximum absolute atomic E-state index is 10.9. The predicted molar refractivity (Wildman–Crippen MR) is 44.5 cm³/mol. The second-order valence-electron chi connectivity index (χ2n) is 3.11. The fraction of sp³-hybridized carbons (Fsp3) is 0.857. The van der Waals surface area contributed by atoms with Crippen LogP contribution in [0.25, 0.3) is 0 Å². The highest BCUT2D eigenvalue weighted by Gasteiger charge is 2.37. The van der Waals surface area contributed by atoms with E-state index in [1.54, 1.807) is 0 Å². The molecule has 0 atom stereocenters. The Kier molecular flexibility index (Phi) is 2.92. The lowest BCUT2D eigenvalue weighted by molar-refractivity contribution is -0.151. The van der Waals surface area contributed by atoms with Gasteiger partial charge >= 0.3 is 5.97 Å². The van der Waals surface area contributed by atoms with Gasteiger partial charge in [0.05, 0.1) is 25.4 Å². The molecule has 1 aliphatic rings. The van der Waals surface area contributed by atoms with Crippen LogP contribution in [-0.2, 0) is 23.8 Å². The van der Waals surface area contributed by atoms with Gasteiger partial charge in [-0.2, -0.15) is 8.42 Å². The van der Waals surface area contributed by atoms with Crippen molar-refractivity contribution in [1.82, 2.24) is 0 Å². The van der Waals surface area contributed by atoms with Gasteiger partial charge in [0.15, 0.2) is 0 Å². The molecule has 0 aromatic rings. The Morgan fingerprint density at radius 2 is 1.92 bits per heavy atom. The molecule has 1 fully saturated rings. The predicted octanol–water partition coefficient (Wildman–Crippen LogP) is -0.0858. The van der Waals surface area contributed by atoms with E-state index >= 15 is 0 Å². The standard InChI is InChI=1S/C7H12O5S/c1-11-7(8)5-3-6(4-5)12-13(2,9)10/h5-6H,3-4H2,1-2H3/t5-,6-. The summed E-state index contributed by atoms with van der Waals surface area (Å²) < 4.78 is 30.4. The Bertz CT molecular complexity index is 288. The SMILES string of the molecule is COC(=O)[C@H]1C[C@H](OS(C)(=O)=O)C1. The summed E-state index contributed by atoms with van der Waals surface area (Å²) in [7, 11) is -2.08. The average Bonchev–Trinajstić information content (AvgIpc) is 1.92. The number of methoxy groups -OCH3 is 1. The van der Waals surface area contributed by atoms with E-state index in [0.29, 0.717) is 12.8 Å². The van der Waals surface area contributed by atoms with Gasteiger partial charge in [-0.05, 0) is 12.8 Å². The Labute approximate surface area is 77.1 Å². The Morgan fingerprint density at radius 1 is 1.38 bits per heavy atom. The smallest absolute Gasteiger partial charge is 0.308 e. The van der Waals surface area contributed by atoms with Gasteiger partial charge in [-0.1, -0.05) is 0 Å². The van der Waals surface area contributed by atoms with E-state index in [9.17, 15) is 13.2 Å². The van der Waals surface area contributed by atoms with Crippen LogP contribution in [0.1, 0.15) is 12.8 Å². The van der Waals surface area contributed by atoms with E-state index in [0.717, 1.165) is 6.26 Å². The lowest BCUT2D eigenvalue weighted by atomic mass is 9.83. The van der Waals surface area contributed by atoms with Crippen LogP contribution in [-0.4, -0.2) is 33.9 Å². The summed E-state index contributed by atoms with van der Waals surface area (Å²) in [6, 6.07) is 0. The molecule has 13 heavy (non-hydrogen) atoms. The number of rotatable bonds is 3. The molecule has 0 bridgehead atoms. The summed E-state index contributed by atoms with van der Waals surface area (Å²) in [6.07, 6.45) is 1.51. The Balaban J connectivity index is 2.30. The first-order valence-corrected chi connectivity index (χ1v) is 5.70. The zero-order valence-corrected chi connectivity index (χ0v) is 8.33. The number of hydrogen-bond acceptors (Lipinski definition) is 5. The van der Waals surface area contributed by atoms with Crippen molar-refractivity contribution >= 4 is 16.1 Å². The third kappa shape index (κ3) is 2.96. The zero-order chi connectivity index (χ0) is 10.1. The van der Waals surface area contributed by atoms with E-state index in [-0.39, 0.29) is 18.0 Å². The minimum atomic E-state index is -3.39. The molecular weight excluding hydrogens is 196 g/mol. The Hall–Kier alpha value is -0.620. The zero-order valence-electron chi connectivity index (χ0n) is 7.52. The summed E-state index contributed by atoms with van der Waals surface area (Å²) in [5.74, 6) is -0.495. The van der Waals surface area contributed by atoms with Crippen LogP contribution in [0.5, 0.6) is 0 Å². The number of ether oxygens (including phenoxy) is 1. The maximum Gasteiger partial charge on any atom is 0.308 e. The summed E-state index contributed by atoms with van der Waals surface area (Å²) in [4.78, 5) is 10.9. The molecule has 0 spiro atoms. The molecule has 0 aromatic heterocycles.